The maximum absolute atomic E-state index is 11.9. The van der Waals surface area contributed by atoms with Crippen LogP contribution in [0, 0.1) is 0 Å². The van der Waals surface area contributed by atoms with E-state index in [1.54, 1.807) is 13.4 Å². The molecular weight excluding hydrogens is 368 g/mol. The van der Waals surface area contributed by atoms with Crippen LogP contribution in [0.2, 0.25) is 0 Å². The summed E-state index contributed by atoms with van der Waals surface area (Å²) in [6.07, 6.45) is 3.94. The zero-order valence-corrected chi connectivity index (χ0v) is 17.2. The van der Waals surface area contributed by atoms with Crippen molar-refractivity contribution in [3.63, 3.8) is 0 Å². The van der Waals surface area contributed by atoms with Gasteiger partial charge in [0.2, 0.25) is 5.91 Å². The largest absolute Gasteiger partial charge is 0.497 e. The SMILES string of the molecule is CCC(=O)N1CCC(NC(=NCc2ccc(OC)cc2)NCCc2ccco2)C1. The molecule has 1 atom stereocenters. The van der Waals surface area contributed by atoms with E-state index in [1.165, 1.54) is 0 Å². The summed E-state index contributed by atoms with van der Waals surface area (Å²) < 4.78 is 10.6. The van der Waals surface area contributed by atoms with E-state index < -0.39 is 0 Å². The van der Waals surface area contributed by atoms with Gasteiger partial charge in [-0.25, -0.2) is 4.99 Å². The predicted molar refractivity (Wildman–Crippen MR) is 113 cm³/mol. The van der Waals surface area contributed by atoms with Crippen molar-refractivity contribution in [2.75, 3.05) is 26.7 Å². The van der Waals surface area contributed by atoms with Crippen molar-refractivity contribution in [1.82, 2.24) is 15.5 Å². The Morgan fingerprint density at radius 2 is 2.14 bits per heavy atom. The number of nitrogens with one attached hydrogen (secondary N) is 2. The lowest BCUT2D eigenvalue weighted by Crippen LogP contribution is -2.45. The number of guanidine groups is 1. The Labute approximate surface area is 172 Å². The number of rotatable bonds is 8. The molecule has 29 heavy (non-hydrogen) atoms. The van der Waals surface area contributed by atoms with E-state index in [4.69, 9.17) is 14.1 Å². The van der Waals surface area contributed by atoms with Crippen LogP contribution in [0.3, 0.4) is 0 Å². The molecule has 0 saturated carbocycles. The molecule has 0 radical (unpaired) electrons. The lowest BCUT2D eigenvalue weighted by molar-refractivity contribution is -0.129. The van der Waals surface area contributed by atoms with Gasteiger partial charge < -0.3 is 24.7 Å². The highest BCUT2D eigenvalue weighted by Crippen LogP contribution is 2.13. The Morgan fingerprint density at radius 3 is 2.83 bits per heavy atom. The molecule has 2 N–H and O–H groups in total. The number of hydrogen-bond donors (Lipinski definition) is 2. The number of benzene rings is 1. The van der Waals surface area contributed by atoms with Crippen molar-refractivity contribution in [1.29, 1.82) is 0 Å². The third-order valence-electron chi connectivity index (χ3n) is 5.01. The molecule has 7 heteroatoms. The molecule has 1 aliphatic rings. The number of aliphatic imine (C=N–C) groups is 1. The maximum atomic E-state index is 11.9. The average molecular weight is 399 g/mol. The lowest BCUT2D eigenvalue weighted by atomic mass is 10.2. The monoisotopic (exact) mass is 398 g/mol. The minimum atomic E-state index is 0.205. The molecule has 156 valence electrons. The van der Waals surface area contributed by atoms with Crippen LogP contribution in [-0.4, -0.2) is 49.6 Å². The number of ether oxygens (including phenoxy) is 1. The fraction of sp³-hybridized carbons (Fsp3) is 0.455. The van der Waals surface area contributed by atoms with Crippen LogP contribution < -0.4 is 15.4 Å². The summed E-state index contributed by atoms with van der Waals surface area (Å²) in [7, 11) is 1.66. The Bertz CT molecular complexity index is 787. The molecule has 1 unspecified atom stereocenters. The van der Waals surface area contributed by atoms with Crippen LogP contribution in [0.1, 0.15) is 31.1 Å². The highest BCUT2D eigenvalue weighted by Gasteiger charge is 2.25. The minimum Gasteiger partial charge on any atom is -0.497 e. The summed E-state index contributed by atoms with van der Waals surface area (Å²) in [4.78, 5) is 18.6. The standard InChI is InChI=1S/C22H30N4O3/c1-3-21(27)26-13-11-18(16-26)25-22(23-12-10-20-5-4-14-29-20)24-15-17-6-8-19(28-2)9-7-17/h4-9,14,18H,3,10-13,15-16H2,1-2H3,(H2,23,24,25). The molecule has 1 aromatic heterocycles. The molecule has 1 fully saturated rings. The second-order valence-electron chi connectivity index (χ2n) is 7.09. The fourth-order valence-electron chi connectivity index (χ4n) is 3.33. The van der Waals surface area contributed by atoms with Crippen LogP contribution in [-0.2, 0) is 17.8 Å². The first-order chi connectivity index (χ1) is 14.2. The van der Waals surface area contributed by atoms with E-state index in [1.807, 2.05) is 48.2 Å². The molecule has 0 aliphatic carbocycles. The predicted octanol–water partition coefficient (Wildman–Crippen LogP) is 2.58. The molecular formula is C22H30N4O3. The van der Waals surface area contributed by atoms with Gasteiger partial charge in [-0.15, -0.1) is 0 Å². The number of carbonyl (C=O) groups is 1. The summed E-state index contributed by atoms with van der Waals surface area (Å²) >= 11 is 0. The summed E-state index contributed by atoms with van der Waals surface area (Å²) in [5.74, 6) is 2.73. The van der Waals surface area contributed by atoms with Gasteiger partial charge in [0, 0.05) is 38.5 Å². The molecule has 1 aromatic carbocycles. The van der Waals surface area contributed by atoms with Crippen LogP contribution in [0.5, 0.6) is 5.75 Å². The molecule has 1 aliphatic heterocycles. The van der Waals surface area contributed by atoms with Gasteiger partial charge in [0.15, 0.2) is 5.96 Å². The minimum absolute atomic E-state index is 0.205. The number of hydrogen-bond acceptors (Lipinski definition) is 4. The third kappa shape index (κ3) is 6.27. The highest BCUT2D eigenvalue weighted by atomic mass is 16.5. The van der Waals surface area contributed by atoms with Crippen molar-refractivity contribution in [3.8, 4) is 5.75 Å². The molecule has 0 spiro atoms. The van der Waals surface area contributed by atoms with E-state index in [9.17, 15) is 4.79 Å². The Kier molecular flexibility index (Phi) is 7.55. The van der Waals surface area contributed by atoms with E-state index in [2.05, 4.69) is 10.6 Å². The number of methoxy groups -OCH3 is 1. The first kappa shape index (κ1) is 20.8. The number of amides is 1. The van der Waals surface area contributed by atoms with Gasteiger partial charge in [-0.05, 0) is 36.2 Å². The lowest BCUT2D eigenvalue weighted by Gasteiger charge is -2.19. The van der Waals surface area contributed by atoms with Gasteiger partial charge >= 0.3 is 0 Å². The average Bonchev–Trinajstić information content (AvgIpc) is 3.44. The first-order valence-electron chi connectivity index (χ1n) is 10.2. The fourth-order valence-corrected chi connectivity index (χ4v) is 3.33. The molecule has 1 saturated heterocycles. The molecule has 3 rings (SSSR count). The van der Waals surface area contributed by atoms with Gasteiger partial charge in [-0.2, -0.15) is 0 Å². The highest BCUT2D eigenvalue weighted by molar-refractivity contribution is 5.80. The normalized spacial score (nSPS) is 16.7. The number of likely N-dealkylation sites (tertiary alicyclic amines) is 1. The second-order valence-corrected chi connectivity index (χ2v) is 7.09. The first-order valence-corrected chi connectivity index (χ1v) is 10.2. The third-order valence-corrected chi connectivity index (χ3v) is 5.01. The smallest absolute Gasteiger partial charge is 0.222 e. The number of nitrogens with zero attached hydrogens (tertiary/aromatic N) is 2. The summed E-state index contributed by atoms with van der Waals surface area (Å²) in [5.41, 5.74) is 1.10. The Hall–Kier alpha value is -2.96. The van der Waals surface area contributed by atoms with Crippen LogP contribution in [0.4, 0.5) is 0 Å². The van der Waals surface area contributed by atoms with Gasteiger partial charge in [0.1, 0.15) is 11.5 Å². The van der Waals surface area contributed by atoms with Crippen LogP contribution in [0.25, 0.3) is 0 Å². The van der Waals surface area contributed by atoms with E-state index >= 15 is 0 Å². The second kappa shape index (κ2) is 10.5. The maximum Gasteiger partial charge on any atom is 0.222 e. The van der Waals surface area contributed by atoms with E-state index in [0.29, 0.717) is 26.1 Å². The van der Waals surface area contributed by atoms with Gasteiger partial charge in [0.25, 0.3) is 0 Å². The van der Waals surface area contributed by atoms with Gasteiger partial charge in [0.05, 0.1) is 19.9 Å². The van der Waals surface area contributed by atoms with Crippen LogP contribution in [0.15, 0.2) is 52.1 Å². The summed E-state index contributed by atoms with van der Waals surface area (Å²) in [6.45, 7) is 4.69. The van der Waals surface area contributed by atoms with Gasteiger partial charge in [-0.1, -0.05) is 19.1 Å². The Morgan fingerprint density at radius 1 is 1.31 bits per heavy atom. The quantitative estimate of drug-likeness (QED) is 0.528. The molecule has 1 amide bonds. The van der Waals surface area contributed by atoms with Gasteiger partial charge in [-0.3, -0.25) is 4.79 Å². The van der Waals surface area contributed by atoms with E-state index in [0.717, 1.165) is 42.4 Å². The van der Waals surface area contributed by atoms with Crippen LogP contribution >= 0.6 is 0 Å². The summed E-state index contributed by atoms with van der Waals surface area (Å²) in [6, 6.07) is 12.0. The molecule has 7 nitrogen and oxygen atoms in total. The van der Waals surface area contributed by atoms with Crippen molar-refractivity contribution >= 4 is 11.9 Å². The van der Waals surface area contributed by atoms with Crippen molar-refractivity contribution in [3.05, 3.63) is 54.0 Å². The topological polar surface area (TPSA) is 79.1 Å². The Balaban J connectivity index is 1.59. The zero-order valence-electron chi connectivity index (χ0n) is 17.2. The van der Waals surface area contributed by atoms with Crippen molar-refractivity contribution in [2.24, 2.45) is 4.99 Å². The molecule has 2 heterocycles. The number of carbonyl (C=O) groups excluding carboxylic acids is 1. The van der Waals surface area contributed by atoms with Crippen molar-refractivity contribution in [2.45, 2.75) is 38.8 Å². The summed E-state index contributed by atoms with van der Waals surface area (Å²) in [5, 5.41) is 6.87. The van der Waals surface area contributed by atoms with Crippen molar-refractivity contribution < 1.29 is 13.9 Å². The number of furan rings is 1. The van der Waals surface area contributed by atoms with E-state index in [-0.39, 0.29) is 11.9 Å². The molecule has 0 bridgehead atoms. The molecule has 2 aromatic rings. The zero-order chi connectivity index (χ0) is 20.5.